The van der Waals surface area contributed by atoms with Gasteiger partial charge in [0.25, 0.3) is 0 Å². The van der Waals surface area contributed by atoms with Gasteiger partial charge in [0, 0.05) is 32.9 Å². The number of unbranched alkanes of at least 4 members (excludes halogenated alkanes) is 1. The largest absolute Gasteiger partial charge is 0.370 e. The highest BCUT2D eigenvalue weighted by atomic mass is 16.2. The second-order valence-corrected chi connectivity index (χ2v) is 14.4. The number of hydrogen-bond acceptors (Lipinski definition) is 10. The van der Waals surface area contributed by atoms with Crippen molar-refractivity contribution in [1.82, 2.24) is 37.2 Å². The van der Waals surface area contributed by atoms with Crippen molar-refractivity contribution in [3.05, 3.63) is 35.4 Å². The van der Waals surface area contributed by atoms with Gasteiger partial charge in [-0.15, -0.1) is 0 Å². The van der Waals surface area contributed by atoms with Gasteiger partial charge in [0.1, 0.15) is 36.3 Å². The van der Waals surface area contributed by atoms with Gasteiger partial charge in [0.15, 0.2) is 5.96 Å². The average molecular weight is 815 g/mol. The van der Waals surface area contributed by atoms with E-state index in [1.54, 1.807) is 12.1 Å². The Balaban J connectivity index is 2.59. The fraction of sp³-hybridized carbons (Fsp3) is 0.605. The Labute approximate surface area is 338 Å². The van der Waals surface area contributed by atoms with Crippen LogP contribution in [0.2, 0.25) is 0 Å². The number of primary amides is 1. The van der Waals surface area contributed by atoms with E-state index in [9.17, 15) is 38.4 Å². The molecular formula is C38H62N12O8. The highest BCUT2D eigenvalue weighted by Crippen LogP contribution is 2.11. The van der Waals surface area contributed by atoms with Crippen molar-refractivity contribution in [2.75, 3.05) is 19.6 Å². The van der Waals surface area contributed by atoms with Gasteiger partial charge in [-0.3, -0.25) is 43.3 Å². The maximum absolute atomic E-state index is 14.1. The first-order valence-corrected chi connectivity index (χ1v) is 19.7. The number of carbonyl (C=O) groups is 8. The normalized spacial score (nSPS) is 21.9. The maximum Gasteiger partial charge on any atom is 0.243 e. The first-order valence-electron chi connectivity index (χ1n) is 19.7. The van der Waals surface area contributed by atoms with Crippen LogP contribution >= 0.6 is 0 Å². The molecule has 6 atom stereocenters. The summed E-state index contributed by atoms with van der Waals surface area (Å²) in [5.41, 5.74) is 23.9. The molecule has 1 aromatic carbocycles. The Morgan fingerprint density at radius 2 is 1.43 bits per heavy atom. The lowest BCUT2D eigenvalue weighted by Crippen LogP contribution is -2.60. The minimum atomic E-state index is -1.34. The molecule has 8 amide bonds. The van der Waals surface area contributed by atoms with E-state index in [1.807, 2.05) is 26.0 Å². The number of guanidine groups is 1. The third-order valence-corrected chi connectivity index (χ3v) is 9.35. The van der Waals surface area contributed by atoms with Crippen molar-refractivity contribution in [3.8, 4) is 0 Å². The molecule has 0 bridgehead atoms. The molecule has 1 fully saturated rings. The lowest BCUT2D eigenvalue weighted by atomic mass is 10.0. The number of hydrogen-bond donors (Lipinski definition) is 11. The Kier molecular flexibility index (Phi) is 21.2. The number of amides is 8. The molecule has 1 saturated heterocycles. The van der Waals surface area contributed by atoms with Crippen molar-refractivity contribution in [2.45, 2.75) is 128 Å². The monoisotopic (exact) mass is 814 g/mol. The number of benzene rings is 1. The molecule has 322 valence electrons. The maximum atomic E-state index is 14.1. The molecule has 1 heterocycles. The molecule has 0 aliphatic carbocycles. The van der Waals surface area contributed by atoms with Gasteiger partial charge in [-0.1, -0.05) is 49.6 Å². The SMILES string of the molecule is CCCCC(NC(C)=O)C(=O)NC1CCC(=O)NCCC(C(N)=O)NC(=O)C(CCCN=C(N)N)NC(=O)C(Cc2ccc(C)cc2)NC(=O)C(CCCN)NC1=O. The van der Waals surface area contributed by atoms with Gasteiger partial charge in [-0.05, 0) is 64.0 Å². The van der Waals surface area contributed by atoms with E-state index in [0.29, 0.717) is 12.0 Å². The van der Waals surface area contributed by atoms with Gasteiger partial charge >= 0.3 is 0 Å². The van der Waals surface area contributed by atoms with Gasteiger partial charge in [0.05, 0.1) is 0 Å². The van der Waals surface area contributed by atoms with Gasteiger partial charge in [-0.2, -0.15) is 0 Å². The fourth-order valence-electron chi connectivity index (χ4n) is 6.09. The van der Waals surface area contributed by atoms with E-state index < -0.39 is 83.5 Å². The summed E-state index contributed by atoms with van der Waals surface area (Å²) in [7, 11) is 0. The Morgan fingerprint density at radius 3 is 2.03 bits per heavy atom. The van der Waals surface area contributed by atoms with Gasteiger partial charge < -0.3 is 60.2 Å². The standard InChI is InChI=1S/C38H62N12O8/c1-4-5-8-26(45-23(3)51)33(54)49-29-15-16-31(52)43-20-17-25(32(40)53)46-34(55)28(10-7-19-44-38(41)42)48-37(58)30(21-24-13-11-22(2)12-14-24)50-35(56)27(9-6-18-39)47-36(29)57/h11-14,25-30H,4-10,15-21,39H2,1-3H3,(H2,40,53)(H,43,52)(H,45,51)(H,46,55)(H,47,57)(H,48,58)(H,49,54)(H,50,56)(H4,41,42,44). The summed E-state index contributed by atoms with van der Waals surface area (Å²) in [5.74, 6) is -5.78. The van der Waals surface area contributed by atoms with Crippen LogP contribution in [0.1, 0.15) is 89.2 Å². The molecular weight excluding hydrogens is 752 g/mol. The third-order valence-electron chi connectivity index (χ3n) is 9.35. The summed E-state index contributed by atoms with van der Waals surface area (Å²) in [6.07, 6.45) is 1.57. The van der Waals surface area contributed by atoms with Crippen molar-refractivity contribution >= 4 is 53.2 Å². The summed E-state index contributed by atoms with van der Waals surface area (Å²) in [4.78, 5) is 111. The highest BCUT2D eigenvalue weighted by molar-refractivity contribution is 5.97. The summed E-state index contributed by atoms with van der Waals surface area (Å²) >= 11 is 0. The zero-order chi connectivity index (χ0) is 43.2. The highest BCUT2D eigenvalue weighted by Gasteiger charge is 2.33. The summed E-state index contributed by atoms with van der Waals surface area (Å²) < 4.78 is 0. The van der Waals surface area contributed by atoms with Crippen LogP contribution in [0.15, 0.2) is 29.3 Å². The molecule has 1 aliphatic rings. The summed E-state index contributed by atoms with van der Waals surface area (Å²) in [6, 6.07) is -0.0986. The molecule has 6 unspecified atom stereocenters. The molecule has 20 heteroatoms. The number of aliphatic imine (C=N–C) groups is 1. The predicted octanol–water partition coefficient (Wildman–Crippen LogP) is -2.77. The van der Waals surface area contributed by atoms with E-state index in [0.717, 1.165) is 12.0 Å². The topological polar surface area (TPSA) is 337 Å². The first kappa shape index (κ1) is 48.4. The lowest BCUT2D eigenvalue weighted by Gasteiger charge is -2.27. The van der Waals surface area contributed by atoms with E-state index in [2.05, 4.69) is 42.2 Å². The Hall–Kier alpha value is -5.79. The van der Waals surface area contributed by atoms with Crippen LogP contribution in [0.4, 0.5) is 0 Å². The molecule has 1 aromatic rings. The number of nitrogens with two attached hydrogens (primary N) is 4. The van der Waals surface area contributed by atoms with E-state index >= 15 is 0 Å². The van der Waals surface area contributed by atoms with Crippen molar-refractivity contribution in [1.29, 1.82) is 0 Å². The molecule has 0 spiro atoms. The summed E-state index contributed by atoms with van der Waals surface area (Å²) in [6.45, 7) is 5.23. The van der Waals surface area contributed by atoms with Crippen molar-refractivity contribution in [3.63, 3.8) is 0 Å². The average Bonchev–Trinajstić information content (AvgIpc) is 3.16. The van der Waals surface area contributed by atoms with Gasteiger partial charge in [-0.25, -0.2) is 0 Å². The zero-order valence-corrected chi connectivity index (χ0v) is 33.7. The minimum absolute atomic E-state index is 0.0174. The number of carbonyl (C=O) groups excluding carboxylic acids is 8. The van der Waals surface area contributed by atoms with Crippen LogP contribution < -0.4 is 60.2 Å². The Bertz CT molecular complexity index is 1600. The molecule has 2 rings (SSSR count). The lowest BCUT2D eigenvalue weighted by molar-refractivity contribution is -0.135. The quantitative estimate of drug-likeness (QED) is 0.0461. The zero-order valence-electron chi connectivity index (χ0n) is 33.7. The molecule has 1 aliphatic heterocycles. The Morgan fingerprint density at radius 1 is 0.828 bits per heavy atom. The van der Waals surface area contributed by atoms with E-state index in [1.165, 1.54) is 6.92 Å². The second kappa shape index (κ2) is 25.5. The van der Waals surface area contributed by atoms with Crippen LogP contribution in [0.5, 0.6) is 0 Å². The minimum Gasteiger partial charge on any atom is -0.370 e. The molecule has 0 radical (unpaired) electrons. The van der Waals surface area contributed by atoms with Crippen LogP contribution in [-0.4, -0.2) is 109 Å². The van der Waals surface area contributed by atoms with Crippen molar-refractivity contribution in [2.24, 2.45) is 27.9 Å². The van der Waals surface area contributed by atoms with Gasteiger partial charge in [0.2, 0.25) is 47.3 Å². The predicted molar refractivity (Wildman–Crippen MR) is 216 cm³/mol. The molecule has 0 saturated carbocycles. The van der Waals surface area contributed by atoms with Crippen molar-refractivity contribution < 1.29 is 38.4 Å². The molecule has 15 N–H and O–H groups in total. The number of nitrogens with zero attached hydrogens (tertiary/aromatic N) is 1. The first-order chi connectivity index (χ1) is 27.5. The number of aryl methyl sites for hydroxylation is 1. The second-order valence-electron chi connectivity index (χ2n) is 14.4. The number of nitrogens with one attached hydrogen (secondary N) is 7. The van der Waals surface area contributed by atoms with E-state index in [-0.39, 0.29) is 83.4 Å². The molecule has 0 aromatic heterocycles. The molecule has 58 heavy (non-hydrogen) atoms. The van der Waals surface area contributed by atoms with Crippen LogP contribution in [-0.2, 0) is 44.8 Å². The molecule has 20 nitrogen and oxygen atoms in total. The smallest absolute Gasteiger partial charge is 0.243 e. The summed E-state index contributed by atoms with van der Waals surface area (Å²) in [5, 5.41) is 18.5. The third kappa shape index (κ3) is 18.0. The van der Waals surface area contributed by atoms with Crippen LogP contribution in [0.25, 0.3) is 0 Å². The van der Waals surface area contributed by atoms with Crippen LogP contribution in [0, 0.1) is 6.92 Å². The van der Waals surface area contributed by atoms with E-state index in [4.69, 9.17) is 22.9 Å². The number of rotatable bonds is 16. The fourth-order valence-corrected chi connectivity index (χ4v) is 6.09. The van der Waals surface area contributed by atoms with Crippen LogP contribution in [0.3, 0.4) is 0 Å².